The Morgan fingerprint density at radius 3 is 2.74 bits per heavy atom. The van der Waals surface area contributed by atoms with Gasteiger partial charge in [-0.05, 0) is 30.0 Å². The average Bonchev–Trinajstić information content (AvgIpc) is 3.07. The molecule has 0 radical (unpaired) electrons. The molecule has 3 heterocycles. The second kappa shape index (κ2) is 4.85. The minimum absolute atomic E-state index is 0.609. The van der Waals surface area contributed by atoms with Gasteiger partial charge < -0.3 is 4.74 Å². The van der Waals surface area contributed by atoms with E-state index >= 15 is 0 Å². The molecule has 3 aromatic heterocycles. The van der Waals surface area contributed by atoms with Crippen LogP contribution in [-0.2, 0) is 0 Å². The molecule has 0 aliphatic carbocycles. The fourth-order valence-corrected chi connectivity index (χ4v) is 2.84. The minimum atomic E-state index is 0.609. The largest absolute Gasteiger partial charge is 0.481 e. The summed E-state index contributed by atoms with van der Waals surface area (Å²) in [6, 6.07) is 5.92. The Morgan fingerprint density at radius 2 is 2.11 bits per heavy atom. The lowest BCUT2D eigenvalue weighted by atomic mass is 10.3. The summed E-state index contributed by atoms with van der Waals surface area (Å²) >= 11 is 1.70. The molecular weight excluding hydrogens is 258 g/mol. The first-order chi connectivity index (χ1) is 9.29. The number of thiophene rings is 1. The molecule has 0 atom stereocenters. The van der Waals surface area contributed by atoms with Crippen molar-refractivity contribution in [2.24, 2.45) is 0 Å². The molecule has 96 valence electrons. The van der Waals surface area contributed by atoms with Gasteiger partial charge in [-0.1, -0.05) is 0 Å². The van der Waals surface area contributed by atoms with Crippen LogP contribution in [0.15, 0.2) is 42.2 Å². The molecule has 0 fully saturated rings. The molecule has 0 aliphatic rings. The fraction of sp³-hybridized carbons (Fsp3) is 0.143. The van der Waals surface area contributed by atoms with Crippen LogP contribution in [0.5, 0.6) is 5.88 Å². The molecule has 0 N–H and O–H groups in total. The van der Waals surface area contributed by atoms with E-state index in [1.807, 2.05) is 22.9 Å². The van der Waals surface area contributed by atoms with E-state index in [2.05, 4.69) is 28.3 Å². The smallest absolute Gasteiger partial charge is 0.213 e. The molecule has 0 aliphatic heterocycles. The quantitative estimate of drug-likeness (QED) is 0.733. The summed E-state index contributed by atoms with van der Waals surface area (Å²) in [4.78, 5) is 9.86. The zero-order chi connectivity index (χ0) is 13.2. The molecule has 5 heteroatoms. The fourth-order valence-electron chi connectivity index (χ4n) is 1.92. The minimum Gasteiger partial charge on any atom is -0.481 e. The van der Waals surface area contributed by atoms with Gasteiger partial charge in [0.2, 0.25) is 5.88 Å². The molecule has 0 saturated carbocycles. The van der Waals surface area contributed by atoms with Gasteiger partial charge in [0.1, 0.15) is 0 Å². The topological polar surface area (TPSA) is 39.9 Å². The molecule has 0 bridgehead atoms. The number of hydrogen-bond acceptors (Lipinski definition) is 4. The lowest BCUT2D eigenvalue weighted by molar-refractivity contribution is 0.398. The zero-order valence-electron chi connectivity index (χ0n) is 10.7. The molecule has 0 spiro atoms. The van der Waals surface area contributed by atoms with Crippen molar-refractivity contribution in [2.45, 2.75) is 6.92 Å². The van der Waals surface area contributed by atoms with Crippen LogP contribution in [-0.4, -0.2) is 21.6 Å². The molecule has 3 aromatic rings. The number of nitrogens with zero attached hydrogens (tertiary/aromatic N) is 3. The molecule has 0 unspecified atom stereocenters. The summed E-state index contributed by atoms with van der Waals surface area (Å²) in [7, 11) is 1.61. The third kappa shape index (κ3) is 2.13. The van der Waals surface area contributed by atoms with Crippen molar-refractivity contribution in [2.75, 3.05) is 7.11 Å². The van der Waals surface area contributed by atoms with Gasteiger partial charge in [0, 0.05) is 18.5 Å². The molecule has 4 nitrogen and oxygen atoms in total. The van der Waals surface area contributed by atoms with Crippen molar-refractivity contribution >= 4 is 11.3 Å². The van der Waals surface area contributed by atoms with Crippen molar-refractivity contribution in [3.05, 3.63) is 47.7 Å². The Balaban J connectivity index is 2.06. The first-order valence-corrected chi connectivity index (χ1v) is 6.76. The van der Waals surface area contributed by atoms with Gasteiger partial charge in [-0.3, -0.25) is 4.57 Å². The monoisotopic (exact) mass is 271 g/mol. The standard InChI is InChI=1S/C14H13N3OS/c1-10-5-8-19-13(10)14-15-6-7-17(14)11-3-4-12(18-2)16-9-11/h3-9H,1-2H3. The Labute approximate surface area is 115 Å². The van der Waals surface area contributed by atoms with Crippen LogP contribution in [0.3, 0.4) is 0 Å². The Hall–Kier alpha value is -2.14. The van der Waals surface area contributed by atoms with E-state index in [1.54, 1.807) is 30.8 Å². The Morgan fingerprint density at radius 1 is 1.21 bits per heavy atom. The molecule has 0 amide bonds. The van der Waals surface area contributed by atoms with E-state index in [0.717, 1.165) is 11.5 Å². The number of aromatic nitrogens is 3. The highest BCUT2D eigenvalue weighted by atomic mass is 32.1. The van der Waals surface area contributed by atoms with Crippen molar-refractivity contribution in [1.29, 1.82) is 0 Å². The van der Waals surface area contributed by atoms with Gasteiger partial charge >= 0.3 is 0 Å². The van der Waals surface area contributed by atoms with E-state index in [9.17, 15) is 0 Å². The van der Waals surface area contributed by atoms with Crippen molar-refractivity contribution < 1.29 is 4.74 Å². The summed E-state index contributed by atoms with van der Waals surface area (Å²) in [6.45, 7) is 2.09. The van der Waals surface area contributed by atoms with Crippen molar-refractivity contribution in [3.63, 3.8) is 0 Å². The molecule has 0 aromatic carbocycles. The predicted octanol–water partition coefficient (Wildman–Crippen LogP) is 3.31. The van der Waals surface area contributed by atoms with Crippen LogP contribution in [0.4, 0.5) is 0 Å². The predicted molar refractivity (Wildman–Crippen MR) is 76.0 cm³/mol. The van der Waals surface area contributed by atoms with Crippen LogP contribution in [0, 0.1) is 6.92 Å². The van der Waals surface area contributed by atoms with Crippen LogP contribution in [0.25, 0.3) is 16.4 Å². The summed E-state index contributed by atoms with van der Waals surface area (Å²) in [5.74, 6) is 1.55. The van der Waals surface area contributed by atoms with Gasteiger partial charge in [-0.25, -0.2) is 9.97 Å². The number of hydrogen-bond donors (Lipinski definition) is 0. The third-order valence-electron chi connectivity index (χ3n) is 2.91. The average molecular weight is 271 g/mol. The van der Waals surface area contributed by atoms with Gasteiger partial charge in [0.05, 0.1) is 23.9 Å². The second-order valence-electron chi connectivity index (χ2n) is 4.11. The second-order valence-corrected chi connectivity index (χ2v) is 5.03. The maximum Gasteiger partial charge on any atom is 0.213 e. The Kier molecular flexibility index (Phi) is 3.05. The summed E-state index contributed by atoms with van der Waals surface area (Å²) in [5.41, 5.74) is 2.21. The van der Waals surface area contributed by atoms with Crippen LogP contribution >= 0.6 is 11.3 Å². The van der Waals surface area contributed by atoms with E-state index in [0.29, 0.717) is 5.88 Å². The number of methoxy groups -OCH3 is 1. The van der Waals surface area contributed by atoms with Gasteiger partial charge in [-0.15, -0.1) is 11.3 Å². The summed E-state index contributed by atoms with van der Waals surface area (Å²) in [5, 5.41) is 2.08. The van der Waals surface area contributed by atoms with Gasteiger partial charge in [0.15, 0.2) is 5.82 Å². The normalized spacial score (nSPS) is 10.6. The van der Waals surface area contributed by atoms with Crippen LogP contribution in [0.2, 0.25) is 0 Å². The zero-order valence-corrected chi connectivity index (χ0v) is 11.5. The summed E-state index contributed by atoms with van der Waals surface area (Å²) < 4.78 is 7.11. The number of pyridine rings is 1. The first-order valence-electron chi connectivity index (χ1n) is 5.88. The first kappa shape index (κ1) is 11.9. The van der Waals surface area contributed by atoms with E-state index in [-0.39, 0.29) is 0 Å². The highest BCUT2D eigenvalue weighted by Gasteiger charge is 2.11. The maximum atomic E-state index is 5.07. The van der Waals surface area contributed by atoms with Crippen molar-refractivity contribution in [3.8, 4) is 22.3 Å². The molecule has 3 rings (SSSR count). The highest BCUT2D eigenvalue weighted by molar-refractivity contribution is 7.13. The third-order valence-corrected chi connectivity index (χ3v) is 3.93. The van der Waals surface area contributed by atoms with Gasteiger partial charge in [-0.2, -0.15) is 0 Å². The molecule has 0 saturated heterocycles. The van der Waals surface area contributed by atoms with Crippen LogP contribution in [0.1, 0.15) is 5.56 Å². The number of imidazole rings is 1. The number of ether oxygens (including phenoxy) is 1. The van der Waals surface area contributed by atoms with E-state index < -0.39 is 0 Å². The number of rotatable bonds is 3. The highest BCUT2D eigenvalue weighted by Crippen LogP contribution is 2.29. The van der Waals surface area contributed by atoms with E-state index in [4.69, 9.17) is 4.74 Å². The van der Waals surface area contributed by atoms with Crippen LogP contribution < -0.4 is 4.74 Å². The van der Waals surface area contributed by atoms with E-state index in [1.165, 1.54) is 10.4 Å². The number of aryl methyl sites for hydroxylation is 1. The summed E-state index contributed by atoms with van der Waals surface area (Å²) in [6.07, 6.45) is 5.53. The van der Waals surface area contributed by atoms with Gasteiger partial charge in [0.25, 0.3) is 0 Å². The Bertz CT molecular complexity index is 685. The van der Waals surface area contributed by atoms with Crippen molar-refractivity contribution in [1.82, 2.24) is 14.5 Å². The molecular formula is C14H13N3OS. The lowest BCUT2D eigenvalue weighted by Crippen LogP contribution is -1.97. The molecule has 19 heavy (non-hydrogen) atoms. The SMILES string of the molecule is COc1ccc(-n2ccnc2-c2sccc2C)cn1. The maximum absolute atomic E-state index is 5.07. The lowest BCUT2D eigenvalue weighted by Gasteiger charge is -2.07.